The van der Waals surface area contributed by atoms with E-state index in [0.717, 1.165) is 6.42 Å². The molecule has 0 N–H and O–H groups in total. The molecule has 1 amide bonds. The lowest BCUT2D eigenvalue weighted by molar-refractivity contribution is 0.00342. The number of carbonyl (C=O) groups excluding carboxylic acids is 1. The smallest absolute Gasteiger partial charge is 0.253 e. The molecule has 0 saturated carbocycles. The van der Waals surface area contributed by atoms with Crippen LogP contribution in [0.5, 0.6) is 0 Å². The van der Waals surface area contributed by atoms with Gasteiger partial charge in [0.05, 0.1) is 12.9 Å². The SMILES string of the molecule is COC[C@@]12CCN(C(=O)c3ccccc3)C[C@@H]1CN(S(C)(=O)=O)C2. The lowest BCUT2D eigenvalue weighted by atomic mass is 9.73. The summed E-state index contributed by atoms with van der Waals surface area (Å²) < 4.78 is 30.9. The number of ether oxygens (including phenoxy) is 1. The first-order valence-corrected chi connectivity index (χ1v) is 9.99. The Morgan fingerprint density at radius 2 is 2.00 bits per heavy atom. The summed E-state index contributed by atoms with van der Waals surface area (Å²) in [7, 11) is -1.58. The van der Waals surface area contributed by atoms with Crippen molar-refractivity contribution in [3.63, 3.8) is 0 Å². The van der Waals surface area contributed by atoms with Crippen molar-refractivity contribution in [1.82, 2.24) is 9.21 Å². The summed E-state index contributed by atoms with van der Waals surface area (Å²) in [6, 6.07) is 9.23. The van der Waals surface area contributed by atoms with E-state index in [4.69, 9.17) is 4.74 Å². The molecule has 0 aliphatic carbocycles. The van der Waals surface area contributed by atoms with Gasteiger partial charge >= 0.3 is 0 Å². The topological polar surface area (TPSA) is 66.9 Å². The normalized spacial score (nSPS) is 27.9. The fourth-order valence-electron chi connectivity index (χ4n) is 3.96. The summed E-state index contributed by atoms with van der Waals surface area (Å²) >= 11 is 0. The van der Waals surface area contributed by atoms with Crippen molar-refractivity contribution in [3.05, 3.63) is 35.9 Å². The van der Waals surface area contributed by atoms with Crippen molar-refractivity contribution in [2.24, 2.45) is 11.3 Å². The Hall–Kier alpha value is -1.44. The van der Waals surface area contributed by atoms with Crippen LogP contribution in [0.4, 0.5) is 0 Å². The van der Waals surface area contributed by atoms with Crippen molar-refractivity contribution >= 4 is 15.9 Å². The third-order valence-corrected chi connectivity index (χ3v) is 6.53. The molecular formula is C17H24N2O4S. The second-order valence-corrected chi connectivity index (χ2v) is 8.90. The Morgan fingerprint density at radius 3 is 2.62 bits per heavy atom. The van der Waals surface area contributed by atoms with Gasteiger partial charge in [0.15, 0.2) is 0 Å². The van der Waals surface area contributed by atoms with Crippen molar-refractivity contribution in [2.45, 2.75) is 6.42 Å². The number of piperidine rings is 1. The molecule has 1 aromatic rings. The molecule has 0 radical (unpaired) electrons. The van der Waals surface area contributed by atoms with E-state index in [1.54, 1.807) is 7.11 Å². The minimum Gasteiger partial charge on any atom is -0.384 e. The Morgan fingerprint density at radius 1 is 1.29 bits per heavy atom. The average Bonchev–Trinajstić information content (AvgIpc) is 2.94. The maximum absolute atomic E-state index is 12.7. The van der Waals surface area contributed by atoms with Gasteiger partial charge in [0.25, 0.3) is 5.91 Å². The second-order valence-electron chi connectivity index (χ2n) is 6.92. The van der Waals surface area contributed by atoms with Gasteiger partial charge in [-0.05, 0) is 24.5 Å². The fraction of sp³-hybridized carbons (Fsp3) is 0.588. The summed E-state index contributed by atoms with van der Waals surface area (Å²) in [5.74, 6) is 0.119. The van der Waals surface area contributed by atoms with Crippen LogP contribution in [0.25, 0.3) is 0 Å². The highest BCUT2D eigenvalue weighted by molar-refractivity contribution is 7.88. The number of hydrogen-bond acceptors (Lipinski definition) is 4. The first kappa shape index (κ1) is 17.4. The quantitative estimate of drug-likeness (QED) is 0.813. The molecule has 2 heterocycles. The molecule has 1 aromatic carbocycles. The summed E-state index contributed by atoms with van der Waals surface area (Å²) in [5.41, 5.74) is 0.486. The number of fused-ring (bicyclic) bond motifs is 1. The lowest BCUT2D eigenvalue weighted by Crippen LogP contribution is -2.50. The molecule has 2 fully saturated rings. The molecule has 2 saturated heterocycles. The zero-order valence-corrected chi connectivity index (χ0v) is 15.0. The fourth-order valence-corrected chi connectivity index (χ4v) is 4.90. The monoisotopic (exact) mass is 352 g/mol. The number of benzene rings is 1. The molecule has 2 aliphatic rings. The predicted octanol–water partition coefficient (Wildman–Crippen LogP) is 1.06. The molecule has 7 heteroatoms. The zero-order valence-electron chi connectivity index (χ0n) is 14.1. The highest BCUT2D eigenvalue weighted by Crippen LogP contribution is 2.44. The molecule has 0 bridgehead atoms. The summed E-state index contributed by atoms with van der Waals surface area (Å²) in [4.78, 5) is 14.5. The summed E-state index contributed by atoms with van der Waals surface area (Å²) in [6.07, 6.45) is 2.01. The highest BCUT2D eigenvalue weighted by atomic mass is 32.2. The zero-order chi connectivity index (χ0) is 17.4. The van der Waals surface area contributed by atoms with Crippen LogP contribution in [0.2, 0.25) is 0 Å². The van der Waals surface area contributed by atoms with E-state index < -0.39 is 10.0 Å². The molecule has 2 aliphatic heterocycles. The second kappa shape index (κ2) is 6.46. The molecular weight excluding hydrogens is 328 g/mol. The number of likely N-dealkylation sites (tertiary alicyclic amines) is 1. The maximum atomic E-state index is 12.7. The number of carbonyl (C=O) groups is 1. The van der Waals surface area contributed by atoms with Gasteiger partial charge < -0.3 is 9.64 Å². The van der Waals surface area contributed by atoms with E-state index in [2.05, 4.69) is 0 Å². The summed E-state index contributed by atoms with van der Waals surface area (Å²) in [5, 5.41) is 0. The van der Waals surface area contributed by atoms with Gasteiger partial charge in [-0.1, -0.05) is 18.2 Å². The molecule has 6 nitrogen and oxygen atoms in total. The summed E-state index contributed by atoms with van der Waals surface area (Å²) in [6.45, 7) is 2.67. The molecule has 132 valence electrons. The van der Waals surface area contributed by atoms with Gasteiger partial charge in [-0.15, -0.1) is 0 Å². The van der Waals surface area contributed by atoms with Crippen LogP contribution in [0, 0.1) is 11.3 Å². The van der Waals surface area contributed by atoms with Crippen LogP contribution in [0.3, 0.4) is 0 Å². The van der Waals surface area contributed by atoms with Crippen molar-refractivity contribution in [2.75, 3.05) is 46.2 Å². The Kier molecular flexibility index (Phi) is 4.68. The molecule has 0 aromatic heterocycles. The lowest BCUT2D eigenvalue weighted by Gasteiger charge is -2.43. The van der Waals surface area contributed by atoms with E-state index in [1.165, 1.54) is 10.6 Å². The molecule has 3 rings (SSSR count). The van der Waals surface area contributed by atoms with Crippen molar-refractivity contribution in [1.29, 1.82) is 0 Å². The standard InChI is InChI=1S/C17H24N2O4S/c1-23-13-17-8-9-18(16(20)14-6-4-3-5-7-14)10-15(17)11-19(12-17)24(2,21)22/h3-7,15H,8-13H2,1-2H3/t15-,17+/m1/s1. The minimum absolute atomic E-state index is 0.0134. The van der Waals surface area contributed by atoms with Gasteiger partial charge in [-0.25, -0.2) is 12.7 Å². The number of sulfonamides is 1. The van der Waals surface area contributed by atoms with Gasteiger partial charge in [0.2, 0.25) is 10.0 Å². The maximum Gasteiger partial charge on any atom is 0.253 e. The van der Waals surface area contributed by atoms with Gasteiger partial charge in [0.1, 0.15) is 0 Å². The average molecular weight is 352 g/mol. The van der Waals surface area contributed by atoms with E-state index >= 15 is 0 Å². The van der Waals surface area contributed by atoms with Crippen molar-refractivity contribution < 1.29 is 17.9 Å². The number of methoxy groups -OCH3 is 1. The minimum atomic E-state index is -3.23. The van der Waals surface area contributed by atoms with Gasteiger partial charge in [-0.3, -0.25) is 4.79 Å². The van der Waals surface area contributed by atoms with Gasteiger partial charge in [-0.2, -0.15) is 0 Å². The van der Waals surface area contributed by atoms with E-state index in [9.17, 15) is 13.2 Å². The Balaban J connectivity index is 1.80. The van der Waals surface area contributed by atoms with Crippen molar-refractivity contribution in [3.8, 4) is 0 Å². The number of nitrogens with zero attached hydrogens (tertiary/aromatic N) is 2. The number of hydrogen-bond donors (Lipinski definition) is 0. The van der Waals surface area contributed by atoms with Gasteiger partial charge in [0, 0.05) is 44.3 Å². The third-order valence-electron chi connectivity index (χ3n) is 5.31. The molecule has 0 spiro atoms. The van der Waals surface area contributed by atoms with Crippen LogP contribution >= 0.6 is 0 Å². The third kappa shape index (κ3) is 3.20. The number of rotatable bonds is 4. The molecule has 24 heavy (non-hydrogen) atoms. The van der Waals surface area contributed by atoms with E-state index in [-0.39, 0.29) is 17.2 Å². The van der Waals surface area contributed by atoms with Crippen LogP contribution in [0.1, 0.15) is 16.8 Å². The Bertz CT molecular complexity index is 707. The molecule has 2 atom stereocenters. The van der Waals surface area contributed by atoms with Crippen LogP contribution in [-0.2, 0) is 14.8 Å². The van der Waals surface area contributed by atoms with Crippen LogP contribution in [-0.4, -0.2) is 69.7 Å². The molecule has 0 unspecified atom stereocenters. The highest BCUT2D eigenvalue weighted by Gasteiger charge is 2.52. The van der Waals surface area contributed by atoms with Crippen LogP contribution in [0.15, 0.2) is 30.3 Å². The number of amides is 1. The predicted molar refractivity (Wildman–Crippen MR) is 91.2 cm³/mol. The first-order chi connectivity index (χ1) is 11.4. The Labute approximate surface area is 143 Å². The first-order valence-electron chi connectivity index (χ1n) is 8.14. The van der Waals surface area contributed by atoms with E-state index in [0.29, 0.717) is 38.3 Å². The van der Waals surface area contributed by atoms with E-state index in [1.807, 2.05) is 35.2 Å². The largest absolute Gasteiger partial charge is 0.384 e. The van der Waals surface area contributed by atoms with Crippen LogP contribution < -0.4 is 0 Å².